The molecule has 1 heterocycles. The monoisotopic (exact) mass is 305 g/mol. The second-order valence-corrected chi connectivity index (χ2v) is 5.48. The highest BCUT2D eigenvalue weighted by Gasteiger charge is 2.13. The van der Waals surface area contributed by atoms with E-state index in [2.05, 4.69) is 0 Å². The molecule has 3 rings (SSSR count). The van der Waals surface area contributed by atoms with Gasteiger partial charge in [0.15, 0.2) is 5.58 Å². The maximum Gasteiger partial charge on any atom is 0.419 e. The number of benzene rings is 2. The standard InChI is InChI=1S/C16H13ClFNO2/c1-19-14-7-4-11(9-15(14)21-16(19)20)13(17)8-10-2-5-12(18)6-3-10/h2-7,9,13H,8H2,1H3. The molecule has 0 aliphatic rings. The normalized spacial score (nSPS) is 12.7. The summed E-state index contributed by atoms with van der Waals surface area (Å²) in [5, 5.41) is -0.273. The molecule has 5 heteroatoms. The maximum atomic E-state index is 12.9. The lowest BCUT2D eigenvalue weighted by Gasteiger charge is -2.10. The molecule has 0 bridgehead atoms. The topological polar surface area (TPSA) is 35.1 Å². The summed E-state index contributed by atoms with van der Waals surface area (Å²) in [7, 11) is 1.66. The molecule has 3 aromatic rings. The molecule has 0 aliphatic carbocycles. The highest BCUT2D eigenvalue weighted by atomic mass is 35.5. The van der Waals surface area contributed by atoms with Gasteiger partial charge in [-0.25, -0.2) is 9.18 Å². The van der Waals surface area contributed by atoms with Gasteiger partial charge in [-0.2, -0.15) is 0 Å². The number of rotatable bonds is 3. The Kier molecular flexibility index (Phi) is 3.55. The highest BCUT2D eigenvalue weighted by molar-refractivity contribution is 6.21. The van der Waals surface area contributed by atoms with E-state index in [1.807, 2.05) is 12.1 Å². The molecule has 0 N–H and O–H groups in total. The van der Waals surface area contributed by atoms with Crippen LogP contribution in [0.3, 0.4) is 0 Å². The number of aromatic nitrogens is 1. The van der Waals surface area contributed by atoms with E-state index in [9.17, 15) is 9.18 Å². The molecule has 108 valence electrons. The number of hydrogen-bond acceptors (Lipinski definition) is 2. The van der Waals surface area contributed by atoms with Crippen LogP contribution in [0.2, 0.25) is 0 Å². The Morgan fingerprint density at radius 1 is 1.24 bits per heavy atom. The predicted molar refractivity (Wildman–Crippen MR) is 80.2 cm³/mol. The smallest absolute Gasteiger partial charge is 0.408 e. The van der Waals surface area contributed by atoms with Crippen molar-refractivity contribution in [2.24, 2.45) is 7.05 Å². The average molecular weight is 306 g/mol. The van der Waals surface area contributed by atoms with E-state index in [0.29, 0.717) is 12.0 Å². The molecular weight excluding hydrogens is 293 g/mol. The number of alkyl halides is 1. The van der Waals surface area contributed by atoms with E-state index in [0.717, 1.165) is 16.6 Å². The Labute approximate surface area is 125 Å². The van der Waals surface area contributed by atoms with Crippen molar-refractivity contribution in [3.8, 4) is 0 Å². The van der Waals surface area contributed by atoms with Gasteiger partial charge in [-0.15, -0.1) is 11.6 Å². The van der Waals surface area contributed by atoms with Crippen molar-refractivity contribution < 1.29 is 8.81 Å². The van der Waals surface area contributed by atoms with Crippen molar-refractivity contribution in [3.63, 3.8) is 0 Å². The number of halogens is 2. The van der Waals surface area contributed by atoms with Crippen LogP contribution < -0.4 is 5.76 Å². The van der Waals surface area contributed by atoms with Gasteiger partial charge in [0, 0.05) is 7.05 Å². The molecule has 0 radical (unpaired) electrons. The Morgan fingerprint density at radius 2 is 1.95 bits per heavy atom. The third-order valence-corrected chi connectivity index (χ3v) is 3.91. The lowest BCUT2D eigenvalue weighted by molar-refractivity contribution is 0.528. The SMILES string of the molecule is Cn1c(=O)oc2cc(C(Cl)Cc3ccc(F)cc3)ccc21. The lowest BCUT2D eigenvalue weighted by atomic mass is 10.0. The number of hydrogen-bond donors (Lipinski definition) is 0. The van der Waals surface area contributed by atoms with Crippen molar-refractivity contribution in [1.29, 1.82) is 0 Å². The van der Waals surface area contributed by atoms with Gasteiger partial charge in [-0.1, -0.05) is 18.2 Å². The summed E-state index contributed by atoms with van der Waals surface area (Å²) in [4.78, 5) is 11.5. The summed E-state index contributed by atoms with van der Waals surface area (Å²) >= 11 is 6.41. The third kappa shape index (κ3) is 2.72. The Balaban J connectivity index is 1.89. The highest BCUT2D eigenvalue weighted by Crippen LogP contribution is 2.27. The zero-order valence-electron chi connectivity index (χ0n) is 11.3. The van der Waals surface area contributed by atoms with Crippen molar-refractivity contribution in [2.45, 2.75) is 11.8 Å². The first-order chi connectivity index (χ1) is 10.0. The average Bonchev–Trinajstić information content (AvgIpc) is 2.76. The predicted octanol–water partition coefficient (Wildman–Crippen LogP) is 3.79. The van der Waals surface area contributed by atoms with Crippen LogP contribution in [0, 0.1) is 5.82 Å². The Hall–Kier alpha value is -2.07. The molecule has 1 atom stereocenters. The molecule has 0 fully saturated rings. The van der Waals surface area contributed by atoms with Gasteiger partial charge in [-0.3, -0.25) is 4.57 Å². The molecule has 1 aromatic heterocycles. The first-order valence-corrected chi connectivity index (χ1v) is 6.96. The molecule has 0 aliphatic heterocycles. The van der Waals surface area contributed by atoms with Gasteiger partial charge < -0.3 is 4.42 Å². The van der Waals surface area contributed by atoms with Crippen molar-refractivity contribution in [3.05, 3.63) is 70.0 Å². The van der Waals surface area contributed by atoms with Crippen LogP contribution in [0.25, 0.3) is 11.1 Å². The summed E-state index contributed by atoms with van der Waals surface area (Å²) in [5.74, 6) is -0.663. The molecule has 1 unspecified atom stereocenters. The van der Waals surface area contributed by atoms with Crippen LogP contribution in [0.5, 0.6) is 0 Å². The van der Waals surface area contributed by atoms with Crippen molar-refractivity contribution in [2.75, 3.05) is 0 Å². The van der Waals surface area contributed by atoms with Gasteiger partial charge in [0.05, 0.1) is 10.9 Å². The minimum atomic E-state index is -0.396. The second kappa shape index (κ2) is 5.37. The number of nitrogens with zero attached hydrogens (tertiary/aromatic N) is 1. The van der Waals surface area contributed by atoms with E-state index in [4.69, 9.17) is 16.0 Å². The van der Waals surface area contributed by atoms with Crippen LogP contribution >= 0.6 is 11.6 Å². The number of aryl methyl sites for hydroxylation is 1. The van der Waals surface area contributed by atoms with Gasteiger partial charge >= 0.3 is 5.76 Å². The van der Waals surface area contributed by atoms with Crippen molar-refractivity contribution in [1.82, 2.24) is 4.57 Å². The van der Waals surface area contributed by atoms with E-state index < -0.39 is 5.76 Å². The van der Waals surface area contributed by atoms with E-state index >= 15 is 0 Å². The van der Waals surface area contributed by atoms with Crippen molar-refractivity contribution >= 4 is 22.7 Å². The summed E-state index contributed by atoms with van der Waals surface area (Å²) in [6.07, 6.45) is 0.574. The molecule has 21 heavy (non-hydrogen) atoms. The van der Waals surface area contributed by atoms with E-state index in [-0.39, 0.29) is 11.2 Å². The van der Waals surface area contributed by atoms with Gasteiger partial charge in [0.1, 0.15) is 5.82 Å². The summed E-state index contributed by atoms with van der Waals surface area (Å²) in [5.41, 5.74) is 3.06. The summed E-state index contributed by atoms with van der Waals surface area (Å²) < 4.78 is 19.5. The van der Waals surface area contributed by atoms with Crippen LogP contribution in [-0.4, -0.2) is 4.57 Å². The minimum Gasteiger partial charge on any atom is -0.408 e. The first-order valence-electron chi connectivity index (χ1n) is 6.52. The van der Waals surface area contributed by atoms with Gasteiger partial charge in [-0.05, 0) is 41.8 Å². The van der Waals surface area contributed by atoms with Crippen LogP contribution in [0.1, 0.15) is 16.5 Å². The van der Waals surface area contributed by atoms with Crippen LogP contribution in [-0.2, 0) is 13.5 Å². The molecule has 0 spiro atoms. The van der Waals surface area contributed by atoms with Crippen LogP contribution in [0.4, 0.5) is 4.39 Å². The first kappa shape index (κ1) is 13.9. The zero-order chi connectivity index (χ0) is 15.0. The molecule has 0 saturated heterocycles. The van der Waals surface area contributed by atoms with E-state index in [1.165, 1.54) is 16.7 Å². The largest absolute Gasteiger partial charge is 0.419 e. The summed E-state index contributed by atoms with van der Waals surface area (Å²) in [6.45, 7) is 0. The molecule has 0 saturated carbocycles. The fraction of sp³-hybridized carbons (Fsp3) is 0.188. The quantitative estimate of drug-likeness (QED) is 0.690. The fourth-order valence-electron chi connectivity index (χ4n) is 2.29. The van der Waals surface area contributed by atoms with Crippen LogP contribution in [0.15, 0.2) is 51.7 Å². The van der Waals surface area contributed by atoms with Gasteiger partial charge in [0.25, 0.3) is 0 Å². The van der Waals surface area contributed by atoms with E-state index in [1.54, 1.807) is 25.2 Å². The second-order valence-electron chi connectivity index (χ2n) is 4.95. The number of fused-ring (bicyclic) bond motifs is 1. The third-order valence-electron chi connectivity index (χ3n) is 3.51. The zero-order valence-corrected chi connectivity index (χ0v) is 12.1. The van der Waals surface area contributed by atoms with Gasteiger partial charge in [0.2, 0.25) is 0 Å². The summed E-state index contributed by atoms with van der Waals surface area (Å²) in [6, 6.07) is 11.7. The minimum absolute atomic E-state index is 0.266. The molecule has 2 aromatic carbocycles. The maximum absolute atomic E-state index is 12.9. The number of oxazole rings is 1. The lowest BCUT2D eigenvalue weighted by Crippen LogP contribution is -2.08. The molecule has 0 amide bonds. The molecular formula is C16H13ClFNO2. The fourth-order valence-corrected chi connectivity index (χ4v) is 2.60. The molecule has 3 nitrogen and oxygen atoms in total. The Bertz CT molecular complexity index is 836. The Morgan fingerprint density at radius 3 is 2.67 bits per heavy atom.